The maximum atomic E-state index is 8.66. The van der Waals surface area contributed by atoms with Crippen LogP contribution in [0.2, 0.25) is 0 Å². The minimum Gasteiger partial charge on any atom is -0.358 e. The van der Waals surface area contributed by atoms with Crippen LogP contribution in [0.1, 0.15) is 17.9 Å². The molecule has 2 aromatic heterocycles. The first-order valence-electron chi connectivity index (χ1n) is 6.56. The molecule has 98 valence electrons. The summed E-state index contributed by atoms with van der Waals surface area (Å²) in [6.07, 6.45) is 2.79. The average molecular weight is 262 g/mol. The standard InChI is InChI=1S/C16H14N4/c1-11-16(12-5-2-3-6-13(12)19-11)14-8-10-18-15(20-14)7-4-9-17/h2-3,5-6,8,10,19H,4,7H2,1H3. The van der Waals surface area contributed by atoms with Crippen molar-refractivity contribution >= 4 is 10.9 Å². The van der Waals surface area contributed by atoms with Gasteiger partial charge in [-0.2, -0.15) is 5.26 Å². The van der Waals surface area contributed by atoms with Crippen molar-refractivity contribution < 1.29 is 0 Å². The lowest BCUT2D eigenvalue weighted by Crippen LogP contribution is -1.96. The van der Waals surface area contributed by atoms with E-state index in [1.165, 1.54) is 0 Å². The summed E-state index contributed by atoms with van der Waals surface area (Å²) in [7, 11) is 0. The predicted octanol–water partition coefficient (Wildman–Crippen LogP) is 3.39. The summed E-state index contributed by atoms with van der Waals surface area (Å²) in [5.41, 5.74) is 4.22. The summed E-state index contributed by atoms with van der Waals surface area (Å²) in [5, 5.41) is 9.82. The third-order valence-electron chi connectivity index (χ3n) is 3.32. The van der Waals surface area contributed by atoms with Crippen molar-refractivity contribution in [2.75, 3.05) is 0 Å². The number of aryl methyl sites for hydroxylation is 2. The lowest BCUT2D eigenvalue weighted by molar-refractivity contribution is 0.887. The molecule has 0 saturated carbocycles. The van der Waals surface area contributed by atoms with Crippen molar-refractivity contribution in [2.45, 2.75) is 19.8 Å². The van der Waals surface area contributed by atoms with Gasteiger partial charge in [0, 0.05) is 41.2 Å². The third-order valence-corrected chi connectivity index (χ3v) is 3.32. The van der Waals surface area contributed by atoms with E-state index in [-0.39, 0.29) is 0 Å². The van der Waals surface area contributed by atoms with E-state index in [0.717, 1.165) is 27.9 Å². The lowest BCUT2D eigenvalue weighted by Gasteiger charge is -2.03. The van der Waals surface area contributed by atoms with Gasteiger partial charge in [-0.05, 0) is 19.1 Å². The summed E-state index contributed by atoms with van der Waals surface area (Å²) < 4.78 is 0. The first-order valence-corrected chi connectivity index (χ1v) is 6.56. The molecule has 3 rings (SSSR count). The number of rotatable bonds is 3. The van der Waals surface area contributed by atoms with Crippen LogP contribution in [-0.4, -0.2) is 15.0 Å². The molecule has 0 radical (unpaired) electrons. The van der Waals surface area contributed by atoms with Crippen LogP contribution in [0.25, 0.3) is 22.2 Å². The van der Waals surface area contributed by atoms with Gasteiger partial charge in [0.2, 0.25) is 0 Å². The lowest BCUT2D eigenvalue weighted by atomic mass is 10.1. The number of fused-ring (bicyclic) bond motifs is 1. The van der Waals surface area contributed by atoms with Crippen LogP contribution in [0.15, 0.2) is 36.5 Å². The molecule has 0 aliphatic heterocycles. The second kappa shape index (κ2) is 5.14. The summed E-state index contributed by atoms with van der Waals surface area (Å²) in [6.45, 7) is 2.05. The van der Waals surface area contributed by atoms with Crippen molar-refractivity contribution in [3.8, 4) is 17.3 Å². The second-order valence-electron chi connectivity index (χ2n) is 4.69. The molecule has 3 aromatic rings. The predicted molar refractivity (Wildman–Crippen MR) is 78.0 cm³/mol. The van der Waals surface area contributed by atoms with E-state index in [2.05, 4.69) is 33.2 Å². The summed E-state index contributed by atoms with van der Waals surface area (Å²) in [5.74, 6) is 0.716. The van der Waals surface area contributed by atoms with E-state index in [1.807, 2.05) is 25.1 Å². The number of para-hydroxylation sites is 1. The minimum absolute atomic E-state index is 0.441. The molecule has 0 atom stereocenters. The zero-order valence-corrected chi connectivity index (χ0v) is 11.2. The molecule has 20 heavy (non-hydrogen) atoms. The van der Waals surface area contributed by atoms with Crippen molar-refractivity contribution in [1.82, 2.24) is 15.0 Å². The number of H-pyrrole nitrogens is 1. The number of nitriles is 1. The molecule has 0 saturated heterocycles. The molecule has 0 fully saturated rings. The molecule has 0 spiro atoms. The number of hydrogen-bond acceptors (Lipinski definition) is 3. The minimum atomic E-state index is 0.441. The normalized spacial score (nSPS) is 10.6. The zero-order chi connectivity index (χ0) is 13.9. The summed E-state index contributed by atoms with van der Waals surface area (Å²) in [6, 6.07) is 12.2. The number of nitrogens with one attached hydrogen (secondary N) is 1. The van der Waals surface area contributed by atoms with Gasteiger partial charge in [0.15, 0.2) is 0 Å². The van der Waals surface area contributed by atoms with Gasteiger partial charge in [-0.25, -0.2) is 9.97 Å². The maximum absolute atomic E-state index is 8.66. The Kier molecular flexibility index (Phi) is 3.18. The number of benzene rings is 1. The van der Waals surface area contributed by atoms with Gasteiger partial charge < -0.3 is 4.98 Å². The Balaban J connectivity index is 2.11. The Labute approximate surface area is 117 Å². The van der Waals surface area contributed by atoms with Crippen molar-refractivity contribution in [3.63, 3.8) is 0 Å². The highest BCUT2D eigenvalue weighted by molar-refractivity contribution is 5.96. The molecule has 4 heteroatoms. The summed E-state index contributed by atoms with van der Waals surface area (Å²) in [4.78, 5) is 12.2. The van der Waals surface area contributed by atoms with Gasteiger partial charge in [-0.3, -0.25) is 0 Å². The smallest absolute Gasteiger partial charge is 0.129 e. The van der Waals surface area contributed by atoms with Gasteiger partial charge in [0.1, 0.15) is 5.82 Å². The molecule has 1 aromatic carbocycles. The summed E-state index contributed by atoms with van der Waals surface area (Å²) >= 11 is 0. The molecule has 0 aliphatic carbocycles. The van der Waals surface area contributed by atoms with Gasteiger partial charge in [-0.1, -0.05) is 18.2 Å². The van der Waals surface area contributed by atoms with E-state index in [1.54, 1.807) is 6.20 Å². The molecule has 0 unspecified atom stereocenters. The topological polar surface area (TPSA) is 65.4 Å². The molecule has 0 aliphatic rings. The Bertz CT molecular complexity index is 796. The van der Waals surface area contributed by atoms with E-state index in [0.29, 0.717) is 18.7 Å². The Morgan fingerprint density at radius 2 is 2.10 bits per heavy atom. The van der Waals surface area contributed by atoms with Crippen LogP contribution in [0.4, 0.5) is 0 Å². The van der Waals surface area contributed by atoms with E-state index >= 15 is 0 Å². The van der Waals surface area contributed by atoms with Gasteiger partial charge >= 0.3 is 0 Å². The molecule has 0 amide bonds. The molecular formula is C16H14N4. The highest BCUT2D eigenvalue weighted by Gasteiger charge is 2.11. The van der Waals surface area contributed by atoms with Crippen LogP contribution >= 0.6 is 0 Å². The van der Waals surface area contributed by atoms with Crippen LogP contribution in [0.5, 0.6) is 0 Å². The second-order valence-corrected chi connectivity index (χ2v) is 4.69. The fourth-order valence-electron chi connectivity index (χ4n) is 2.43. The Morgan fingerprint density at radius 1 is 1.25 bits per heavy atom. The van der Waals surface area contributed by atoms with E-state index in [4.69, 9.17) is 5.26 Å². The number of aromatic nitrogens is 3. The zero-order valence-electron chi connectivity index (χ0n) is 11.2. The number of hydrogen-bond donors (Lipinski definition) is 1. The largest absolute Gasteiger partial charge is 0.358 e. The van der Waals surface area contributed by atoms with Crippen molar-refractivity contribution in [2.24, 2.45) is 0 Å². The number of aromatic amines is 1. The fourth-order valence-corrected chi connectivity index (χ4v) is 2.43. The molecule has 1 N–H and O–H groups in total. The van der Waals surface area contributed by atoms with E-state index < -0.39 is 0 Å². The van der Waals surface area contributed by atoms with Crippen molar-refractivity contribution in [1.29, 1.82) is 5.26 Å². The SMILES string of the molecule is Cc1[nH]c2ccccc2c1-c1ccnc(CCC#N)n1. The Morgan fingerprint density at radius 3 is 2.95 bits per heavy atom. The van der Waals surface area contributed by atoms with Crippen LogP contribution in [-0.2, 0) is 6.42 Å². The molecule has 0 bridgehead atoms. The highest BCUT2D eigenvalue weighted by Crippen LogP contribution is 2.30. The first kappa shape index (κ1) is 12.4. The highest BCUT2D eigenvalue weighted by atomic mass is 14.9. The van der Waals surface area contributed by atoms with Gasteiger partial charge in [0.25, 0.3) is 0 Å². The quantitative estimate of drug-likeness (QED) is 0.786. The van der Waals surface area contributed by atoms with Crippen LogP contribution < -0.4 is 0 Å². The monoisotopic (exact) mass is 262 g/mol. The van der Waals surface area contributed by atoms with E-state index in [9.17, 15) is 0 Å². The molecule has 2 heterocycles. The fraction of sp³-hybridized carbons (Fsp3) is 0.188. The van der Waals surface area contributed by atoms with Crippen LogP contribution in [0.3, 0.4) is 0 Å². The first-order chi connectivity index (χ1) is 9.79. The maximum Gasteiger partial charge on any atom is 0.129 e. The van der Waals surface area contributed by atoms with Gasteiger partial charge in [-0.15, -0.1) is 0 Å². The molecule has 4 nitrogen and oxygen atoms in total. The Hall–Kier alpha value is -2.67. The van der Waals surface area contributed by atoms with Gasteiger partial charge in [0.05, 0.1) is 11.8 Å². The van der Waals surface area contributed by atoms with Crippen molar-refractivity contribution in [3.05, 3.63) is 48.0 Å². The number of nitrogens with zero attached hydrogens (tertiary/aromatic N) is 3. The van der Waals surface area contributed by atoms with Crippen LogP contribution in [0, 0.1) is 18.3 Å². The third kappa shape index (κ3) is 2.14. The molecular weight excluding hydrogens is 248 g/mol. The average Bonchev–Trinajstić information content (AvgIpc) is 2.81.